The highest BCUT2D eigenvalue weighted by atomic mass is 32.1. The van der Waals surface area contributed by atoms with Crippen molar-refractivity contribution in [1.82, 2.24) is 0 Å². The van der Waals surface area contributed by atoms with E-state index in [1.54, 1.807) is 11.3 Å². The largest absolute Gasteiger partial charge is 0.544 e. The maximum atomic E-state index is 11.1. The Labute approximate surface area is 86.8 Å². The fourth-order valence-corrected chi connectivity index (χ4v) is 2.74. The molecule has 0 unspecified atom stereocenters. The van der Waals surface area contributed by atoms with E-state index in [4.69, 9.17) is 0 Å². The number of rotatable bonds is 3. The van der Waals surface area contributed by atoms with Crippen LogP contribution in [0.2, 0.25) is 0 Å². The molecule has 1 saturated heterocycles. The minimum Gasteiger partial charge on any atom is -0.544 e. The second-order valence-electron chi connectivity index (χ2n) is 3.85. The van der Waals surface area contributed by atoms with Gasteiger partial charge in [-0.2, -0.15) is 11.3 Å². The maximum Gasteiger partial charge on any atom is 0.140 e. The van der Waals surface area contributed by atoms with Gasteiger partial charge in [-0.05, 0) is 22.4 Å². The predicted molar refractivity (Wildman–Crippen MR) is 51.8 cm³/mol. The van der Waals surface area contributed by atoms with Gasteiger partial charge in [0.15, 0.2) is 0 Å². The van der Waals surface area contributed by atoms with Crippen LogP contribution in [-0.2, 0) is 11.2 Å². The summed E-state index contributed by atoms with van der Waals surface area (Å²) in [5.74, 6) is -0.916. The van der Waals surface area contributed by atoms with Gasteiger partial charge < -0.3 is 15.2 Å². The molecule has 0 saturated carbocycles. The molecule has 2 N–H and O–H groups in total. The molecule has 14 heavy (non-hydrogen) atoms. The van der Waals surface area contributed by atoms with Gasteiger partial charge in [-0.15, -0.1) is 0 Å². The summed E-state index contributed by atoms with van der Waals surface area (Å²) in [6, 6.07) is 1.99. The van der Waals surface area contributed by atoms with E-state index in [0.29, 0.717) is 6.42 Å². The standard InChI is InChI=1S/C10H13NO2S/c12-9(13)10(3-1-4-11-10)6-8-2-5-14-7-8/h2,5,7,11H,1,3-4,6H2,(H,12,13)/t10-/m0/s1. The van der Waals surface area contributed by atoms with Gasteiger partial charge in [-0.3, -0.25) is 0 Å². The minimum atomic E-state index is -0.916. The number of carbonyl (C=O) groups excluding carboxylic acids is 1. The van der Waals surface area contributed by atoms with Crippen LogP contribution >= 0.6 is 11.3 Å². The number of carboxylic acids is 1. The van der Waals surface area contributed by atoms with Gasteiger partial charge in [0.2, 0.25) is 0 Å². The molecule has 1 aromatic heterocycles. The molecule has 1 aromatic rings. The van der Waals surface area contributed by atoms with E-state index in [-0.39, 0.29) is 0 Å². The topological polar surface area (TPSA) is 56.7 Å². The SMILES string of the molecule is O=C([O-])[C@@]1(Cc2ccsc2)CCC[NH2+]1. The second-order valence-corrected chi connectivity index (χ2v) is 4.63. The van der Waals surface area contributed by atoms with Crippen LogP contribution in [-0.4, -0.2) is 18.1 Å². The zero-order chi connectivity index (χ0) is 10.0. The third-order valence-corrected chi connectivity index (χ3v) is 3.60. The van der Waals surface area contributed by atoms with Gasteiger partial charge >= 0.3 is 0 Å². The molecule has 1 atom stereocenters. The average molecular weight is 211 g/mol. The Bertz CT molecular complexity index is 315. The van der Waals surface area contributed by atoms with Gasteiger partial charge in [0.05, 0.1) is 6.54 Å². The van der Waals surface area contributed by atoms with Crippen molar-refractivity contribution in [1.29, 1.82) is 0 Å². The summed E-state index contributed by atoms with van der Waals surface area (Å²) in [7, 11) is 0. The third-order valence-electron chi connectivity index (χ3n) is 2.87. The first-order valence-corrected chi connectivity index (χ1v) is 5.74. The molecule has 2 rings (SSSR count). The van der Waals surface area contributed by atoms with Crippen molar-refractivity contribution >= 4 is 17.3 Å². The summed E-state index contributed by atoms with van der Waals surface area (Å²) in [6.45, 7) is 0.901. The fraction of sp³-hybridized carbons (Fsp3) is 0.500. The lowest BCUT2D eigenvalue weighted by molar-refractivity contribution is -0.700. The van der Waals surface area contributed by atoms with E-state index in [2.05, 4.69) is 0 Å². The van der Waals surface area contributed by atoms with Crippen LogP contribution in [0.15, 0.2) is 16.8 Å². The highest BCUT2D eigenvalue weighted by Gasteiger charge is 2.39. The van der Waals surface area contributed by atoms with Gasteiger partial charge in [0, 0.05) is 19.3 Å². The van der Waals surface area contributed by atoms with Crippen molar-refractivity contribution in [3.8, 4) is 0 Å². The monoisotopic (exact) mass is 211 g/mol. The highest BCUT2D eigenvalue weighted by molar-refractivity contribution is 7.07. The number of nitrogens with two attached hydrogens (primary N) is 1. The second kappa shape index (κ2) is 3.71. The summed E-state index contributed by atoms with van der Waals surface area (Å²) in [6.07, 6.45) is 2.29. The van der Waals surface area contributed by atoms with Crippen molar-refractivity contribution in [3.05, 3.63) is 22.4 Å². The predicted octanol–water partition coefficient (Wildman–Crippen LogP) is -0.863. The summed E-state index contributed by atoms with van der Waals surface area (Å²) in [4.78, 5) is 11.1. The van der Waals surface area contributed by atoms with Gasteiger partial charge in [0.1, 0.15) is 11.5 Å². The molecule has 0 aromatic carbocycles. The number of carbonyl (C=O) groups is 1. The molecule has 0 aliphatic carbocycles. The van der Waals surface area contributed by atoms with Gasteiger partial charge in [-0.1, -0.05) is 0 Å². The van der Waals surface area contributed by atoms with Gasteiger partial charge in [-0.25, -0.2) is 0 Å². The van der Waals surface area contributed by atoms with Gasteiger partial charge in [0.25, 0.3) is 0 Å². The molecule has 76 valence electrons. The smallest absolute Gasteiger partial charge is 0.140 e. The molecule has 0 spiro atoms. The van der Waals surface area contributed by atoms with Crippen LogP contribution in [0.4, 0.5) is 0 Å². The summed E-state index contributed by atoms with van der Waals surface area (Å²) < 4.78 is 0. The van der Waals surface area contributed by atoms with Crippen LogP contribution < -0.4 is 10.4 Å². The maximum absolute atomic E-state index is 11.1. The Hall–Kier alpha value is -0.870. The normalized spacial score (nSPS) is 26.6. The van der Waals surface area contributed by atoms with E-state index in [1.165, 1.54) is 0 Å². The quantitative estimate of drug-likeness (QED) is 0.707. The first kappa shape index (κ1) is 9.68. The number of hydrogen-bond donors (Lipinski definition) is 1. The lowest BCUT2D eigenvalue weighted by atomic mass is 9.90. The van der Waals surface area contributed by atoms with Crippen LogP contribution in [0, 0.1) is 0 Å². The van der Waals surface area contributed by atoms with Crippen LogP contribution in [0.5, 0.6) is 0 Å². The van der Waals surface area contributed by atoms with Crippen molar-refractivity contribution < 1.29 is 15.2 Å². The van der Waals surface area contributed by atoms with E-state index >= 15 is 0 Å². The summed E-state index contributed by atoms with van der Waals surface area (Å²) >= 11 is 1.61. The average Bonchev–Trinajstić information content (AvgIpc) is 2.76. The summed E-state index contributed by atoms with van der Waals surface area (Å²) in [5.41, 5.74) is 0.415. The van der Waals surface area contributed by atoms with E-state index in [1.807, 2.05) is 22.1 Å². The molecular formula is C10H13NO2S. The van der Waals surface area contributed by atoms with E-state index < -0.39 is 11.5 Å². The van der Waals surface area contributed by atoms with Crippen molar-refractivity contribution in [2.75, 3.05) is 6.54 Å². The molecule has 1 aliphatic rings. The minimum absolute atomic E-state index is 0.596. The fourth-order valence-electron chi connectivity index (χ4n) is 2.07. The molecule has 0 radical (unpaired) electrons. The summed E-state index contributed by atoms with van der Waals surface area (Å²) in [5, 5.41) is 17.0. The zero-order valence-electron chi connectivity index (χ0n) is 7.86. The van der Waals surface area contributed by atoms with Crippen LogP contribution in [0.1, 0.15) is 18.4 Å². The Morgan fingerprint density at radius 2 is 2.57 bits per heavy atom. The molecule has 0 bridgehead atoms. The van der Waals surface area contributed by atoms with E-state index in [9.17, 15) is 9.90 Å². The Kier molecular flexibility index (Phi) is 2.56. The molecule has 0 amide bonds. The number of hydrogen-bond acceptors (Lipinski definition) is 3. The van der Waals surface area contributed by atoms with Crippen molar-refractivity contribution in [2.24, 2.45) is 0 Å². The molecule has 3 nitrogen and oxygen atoms in total. The number of aliphatic carboxylic acids is 1. The Morgan fingerprint density at radius 1 is 1.71 bits per heavy atom. The van der Waals surface area contributed by atoms with Crippen molar-refractivity contribution in [2.45, 2.75) is 24.8 Å². The molecular weight excluding hydrogens is 198 g/mol. The molecule has 4 heteroatoms. The first-order valence-electron chi connectivity index (χ1n) is 4.80. The van der Waals surface area contributed by atoms with Crippen LogP contribution in [0.25, 0.3) is 0 Å². The van der Waals surface area contributed by atoms with Crippen molar-refractivity contribution in [3.63, 3.8) is 0 Å². The number of thiophene rings is 1. The lowest BCUT2D eigenvalue weighted by Crippen LogP contribution is -2.97. The van der Waals surface area contributed by atoms with E-state index in [0.717, 1.165) is 24.9 Å². The number of carboxylic acid groups (broad SMARTS) is 1. The van der Waals surface area contributed by atoms with Crippen LogP contribution in [0.3, 0.4) is 0 Å². The molecule has 1 aliphatic heterocycles. The molecule has 2 heterocycles. The zero-order valence-corrected chi connectivity index (χ0v) is 8.68. The Morgan fingerprint density at radius 3 is 3.07 bits per heavy atom. The third kappa shape index (κ3) is 1.67. The lowest BCUT2D eigenvalue weighted by Gasteiger charge is -2.26. The Balaban J connectivity index is 2.16. The molecule has 1 fully saturated rings. The highest BCUT2D eigenvalue weighted by Crippen LogP contribution is 2.19. The first-order chi connectivity index (χ1) is 6.73. The number of quaternary nitrogens is 1.